The molecule has 2 rings (SSSR count). The Morgan fingerprint density at radius 1 is 1.06 bits per heavy atom. The molecule has 1 heterocycles. The average molecular weight is 268 g/mol. The third kappa shape index (κ3) is 4.28. The summed E-state index contributed by atoms with van der Waals surface area (Å²) >= 11 is 0. The van der Waals surface area contributed by atoms with E-state index in [0.29, 0.717) is 5.41 Å². The van der Waals surface area contributed by atoms with Gasteiger partial charge in [-0.2, -0.15) is 0 Å². The Balaban J connectivity index is 0.00000162. The summed E-state index contributed by atoms with van der Waals surface area (Å²) in [6.07, 6.45) is 10.7. The Hall–Kier alpha value is -0.560. The third-order valence-corrected chi connectivity index (χ3v) is 4.35. The van der Waals surface area contributed by atoms with Crippen LogP contribution in [0.5, 0.6) is 0 Å². The number of hydrogen-bond acceptors (Lipinski definition) is 1. The maximum Gasteiger partial charge on any atom is 0.0270 e. The minimum atomic E-state index is 0. The Labute approximate surface area is 118 Å². The van der Waals surface area contributed by atoms with E-state index in [0.717, 1.165) is 11.8 Å². The summed E-state index contributed by atoms with van der Waals surface area (Å²) in [5.74, 6) is 1.83. The van der Waals surface area contributed by atoms with Crippen molar-refractivity contribution >= 4 is 12.4 Å². The molecule has 0 amide bonds. The number of hydrogen-bond donors (Lipinski definition) is 0. The fourth-order valence-electron chi connectivity index (χ4n) is 3.08. The first kappa shape index (κ1) is 15.5. The molecule has 0 spiro atoms. The lowest BCUT2D eigenvalue weighted by Gasteiger charge is -2.37. The number of rotatable bonds is 2. The molecule has 0 aromatic carbocycles. The minimum absolute atomic E-state index is 0. The average Bonchev–Trinajstić information content (AvgIpc) is 2.30. The molecular formula is C16H26ClN. The van der Waals surface area contributed by atoms with Crippen LogP contribution >= 0.6 is 12.4 Å². The largest absolute Gasteiger partial charge is 0.265 e. The Morgan fingerprint density at radius 2 is 1.61 bits per heavy atom. The van der Waals surface area contributed by atoms with Crippen LogP contribution in [0.1, 0.15) is 52.0 Å². The fraction of sp³-hybridized carbons (Fsp3) is 0.688. The molecule has 1 aliphatic carbocycles. The van der Waals surface area contributed by atoms with Gasteiger partial charge in [0.1, 0.15) is 0 Å². The van der Waals surface area contributed by atoms with Gasteiger partial charge in [-0.1, -0.05) is 20.8 Å². The molecule has 1 aliphatic rings. The molecule has 1 nitrogen and oxygen atoms in total. The molecule has 0 aliphatic heterocycles. The van der Waals surface area contributed by atoms with Crippen LogP contribution in [0.25, 0.3) is 0 Å². The zero-order chi connectivity index (χ0) is 12.3. The zero-order valence-corrected chi connectivity index (χ0v) is 12.7. The Morgan fingerprint density at radius 3 is 2.11 bits per heavy atom. The maximum atomic E-state index is 4.08. The second-order valence-corrected chi connectivity index (χ2v) is 6.64. The summed E-state index contributed by atoms with van der Waals surface area (Å²) < 4.78 is 0. The minimum Gasteiger partial charge on any atom is -0.265 e. The quantitative estimate of drug-likeness (QED) is 0.743. The number of halogens is 1. The highest BCUT2D eigenvalue weighted by Gasteiger charge is 2.29. The second-order valence-electron chi connectivity index (χ2n) is 6.64. The van der Waals surface area contributed by atoms with Gasteiger partial charge in [-0.15, -0.1) is 12.4 Å². The van der Waals surface area contributed by atoms with Crippen molar-refractivity contribution < 1.29 is 0 Å². The van der Waals surface area contributed by atoms with Crippen molar-refractivity contribution in [1.29, 1.82) is 0 Å². The molecular weight excluding hydrogens is 242 g/mol. The summed E-state index contributed by atoms with van der Waals surface area (Å²) in [6, 6.07) is 4.33. The van der Waals surface area contributed by atoms with Crippen LogP contribution in [0.2, 0.25) is 0 Å². The molecule has 1 fully saturated rings. The third-order valence-electron chi connectivity index (χ3n) is 4.35. The summed E-state index contributed by atoms with van der Waals surface area (Å²) in [5, 5.41) is 0. The summed E-state index contributed by atoms with van der Waals surface area (Å²) in [7, 11) is 0. The van der Waals surface area contributed by atoms with E-state index < -0.39 is 0 Å². The highest BCUT2D eigenvalue weighted by atomic mass is 35.5. The van der Waals surface area contributed by atoms with E-state index in [-0.39, 0.29) is 12.4 Å². The molecule has 1 aromatic heterocycles. The fourth-order valence-corrected chi connectivity index (χ4v) is 3.08. The predicted molar refractivity (Wildman–Crippen MR) is 80.1 cm³/mol. The van der Waals surface area contributed by atoms with Gasteiger partial charge in [-0.3, -0.25) is 4.98 Å². The van der Waals surface area contributed by atoms with E-state index in [4.69, 9.17) is 0 Å². The van der Waals surface area contributed by atoms with Crippen molar-refractivity contribution in [3.63, 3.8) is 0 Å². The van der Waals surface area contributed by atoms with Gasteiger partial charge < -0.3 is 0 Å². The molecule has 0 radical (unpaired) electrons. The smallest absolute Gasteiger partial charge is 0.0270 e. The van der Waals surface area contributed by atoms with Crippen LogP contribution in [0, 0.1) is 17.3 Å². The highest BCUT2D eigenvalue weighted by molar-refractivity contribution is 5.85. The first-order valence-electron chi connectivity index (χ1n) is 6.94. The second kappa shape index (κ2) is 6.56. The van der Waals surface area contributed by atoms with Crippen molar-refractivity contribution in [3.8, 4) is 0 Å². The molecule has 1 aromatic rings. The van der Waals surface area contributed by atoms with Gasteiger partial charge in [-0.05, 0) is 67.1 Å². The van der Waals surface area contributed by atoms with E-state index in [2.05, 4.69) is 37.9 Å². The van der Waals surface area contributed by atoms with Crippen LogP contribution < -0.4 is 0 Å². The Kier molecular flexibility index (Phi) is 5.65. The van der Waals surface area contributed by atoms with E-state index in [9.17, 15) is 0 Å². The van der Waals surface area contributed by atoms with Gasteiger partial charge in [0.15, 0.2) is 0 Å². The topological polar surface area (TPSA) is 12.9 Å². The summed E-state index contributed by atoms with van der Waals surface area (Å²) in [5.41, 5.74) is 1.96. The van der Waals surface area contributed by atoms with Crippen molar-refractivity contribution in [2.45, 2.75) is 52.9 Å². The van der Waals surface area contributed by atoms with Gasteiger partial charge in [0.05, 0.1) is 0 Å². The van der Waals surface area contributed by atoms with Crippen molar-refractivity contribution in [2.24, 2.45) is 17.3 Å². The number of aromatic nitrogens is 1. The lowest BCUT2D eigenvalue weighted by atomic mass is 9.69. The normalized spacial score (nSPS) is 24.4. The van der Waals surface area contributed by atoms with E-state index in [1.165, 1.54) is 37.7 Å². The number of pyridine rings is 1. The predicted octanol–water partition coefficient (Wildman–Crippen LogP) is 4.90. The Bertz CT molecular complexity index is 334. The van der Waals surface area contributed by atoms with Gasteiger partial charge in [0.25, 0.3) is 0 Å². The first-order chi connectivity index (χ1) is 8.05. The summed E-state index contributed by atoms with van der Waals surface area (Å²) in [4.78, 5) is 4.08. The van der Waals surface area contributed by atoms with Gasteiger partial charge in [0, 0.05) is 12.4 Å². The molecule has 102 valence electrons. The van der Waals surface area contributed by atoms with Crippen molar-refractivity contribution in [2.75, 3.05) is 0 Å². The number of nitrogens with zero attached hydrogens (tertiary/aromatic N) is 1. The van der Waals surface area contributed by atoms with Crippen molar-refractivity contribution in [1.82, 2.24) is 4.98 Å². The summed E-state index contributed by atoms with van der Waals surface area (Å²) in [6.45, 7) is 7.17. The van der Waals surface area contributed by atoms with E-state index >= 15 is 0 Å². The van der Waals surface area contributed by atoms with E-state index in [1.54, 1.807) is 0 Å². The van der Waals surface area contributed by atoms with Gasteiger partial charge in [-0.25, -0.2) is 0 Å². The van der Waals surface area contributed by atoms with Crippen LogP contribution in [0.15, 0.2) is 24.5 Å². The molecule has 1 saturated carbocycles. The molecule has 0 bridgehead atoms. The molecule has 18 heavy (non-hydrogen) atoms. The first-order valence-corrected chi connectivity index (χ1v) is 6.94. The van der Waals surface area contributed by atoms with Crippen molar-refractivity contribution in [3.05, 3.63) is 30.1 Å². The van der Waals surface area contributed by atoms with Crippen LogP contribution in [-0.4, -0.2) is 4.98 Å². The lowest BCUT2D eigenvalue weighted by molar-refractivity contribution is 0.150. The van der Waals surface area contributed by atoms with Gasteiger partial charge >= 0.3 is 0 Å². The van der Waals surface area contributed by atoms with Gasteiger partial charge in [0.2, 0.25) is 0 Å². The molecule has 0 unspecified atom stereocenters. The molecule has 0 saturated heterocycles. The standard InChI is InChI=1S/C16H25N.ClH/c1-16(2,3)15-6-4-13(5-7-15)12-14-8-10-17-11-9-14;/h8-11,13,15H,4-7,12H2,1-3H3;1H/t13-,15+;. The van der Waals surface area contributed by atoms with Crippen LogP contribution in [0.3, 0.4) is 0 Å². The van der Waals surface area contributed by atoms with Crippen LogP contribution in [0.4, 0.5) is 0 Å². The monoisotopic (exact) mass is 267 g/mol. The SMILES string of the molecule is CC(C)(C)[C@H]1CC[C@@H](Cc2ccncc2)CC1.Cl. The van der Waals surface area contributed by atoms with E-state index in [1.807, 2.05) is 12.4 Å². The maximum absolute atomic E-state index is 4.08. The lowest BCUT2D eigenvalue weighted by Crippen LogP contribution is -2.26. The molecule has 0 atom stereocenters. The van der Waals surface area contributed by atoms with Crippen LogP contribution in [-0.2, 0) is 6.42 Å². The molecule has 2 heteroatoms. The highest BCUT2D eigenvalue weighted by Crippen LogP contribution is 2.40. The zero-order valence-electron chi connectivity index (χ0n) is 11.9. The molecule has 0 N–H and O–H groups in total.